The SMILES string of the molecule is Cc1nonc1OCCNC(=O)C1CCn2nccc2C1. The molecule has 21 heavy (non-hydrogen) atoms. The first-order valence-corrected chi connectivity index (χ1v) is 6.94. The van der Waals surface area contributed by atoms with Crippen LogP contribution in [0, 0.1) is 12.8 Å². The number of aryl methyl sites for hydroxylation is 2. The largest absolute Gasteiger partial charge is 0.472 e. The van der Waals surface area contributed by atoms with Crippen LogP contribution in [-0.4, -0.2) is 39.2 Å². The minimum atomic E-state index is 0.00431. The fourth-order valence-electron chi connectivity index (χ4n) is 2.41. The fraction of sp³-hybridized carbons (Fsp3) is 0.538. The Balaban J connectivity index is 1.42. The molecular weight excluding hydrogens is 274 g/mol. The van der Waals surface area contributed by atoms with E-state index >= 15 is 0 Å². The van der Waals surface area contributed by atoms with Crippen LogP contribution < -0.4 is 10.1 Å². The number of rotatable bonds is 5. The third-order valence-electron chi connectivity index (χ3n) is 3.57. The zero-order chi connectivity index (χ0) is 14.7. The summed E-state index contributed by atoms with van der Waals surface area (Å²) in [6.45, 7) is 3.31. The standard InChI is InChI=1S/C13H17N5O3/c1-9-13(17-21-16-9)20-7-5-14-12(19)10-3-6-18-11(8-10)2-4-15-18/h2,4,10H,3,5-8H2,1H3,(H,14,19). The van der Waals surface area contributed by atoms with Gasteiger partial charge in [-0.1, -0.05) is 5.16 Å². The highest BCUT2D eigenvalue weighted by Gasteiger charge is 2.24. The normalized spacial score (nSPS) is 17.3. The third-order valence-corrected chi connectivity index (χ3v) is 3.57. The van der Waals surface area contributed by atoms with Gasteiger partial charge in [-0.15, -0.1) is 0 Å². The van der Waals surface area contributed by atoms with E-state index in [0.717, 1.165) is 25.1 Å². The lowest BCUT2D eigenvalue weighted by Crippen LogP contribution is -2.37. The van der Waals surface area contributed by atoms with Gasteiger partial charge in [-0.3, -0.25) is 9.48 Å². The maximum Gasteiger partial charge on any atom is 0.278 e. The number of aromatic nitrogens is 4. The van der Waals surface area contributed by atoms with E-state index < -0.39 is 0 Å². The summed E-state index contributed by atoms with van der Waals surface area (Å²) in [6.07, 6.45) is 3.32. The van der Waals surface area contributed by atoms with Crippen LogP contribution in [0.15, 0.2) is 16.9 Å². The number of nitrogens with one attached hydrogen (secondary N) is 1. The lowest BCUT2D eigenvalue weighted by atomic mass is 9.95. The molecule has 3 heterocycles. The van der Waals surface area contributed by atoms with Crippen LogP contribution in [0.1, 0.15) is 17.8 Å². The Morgan fingerprint density at radius 2 is 2.48 bits per heavy atom. The Labute approximate surface area is 121 Å². The molecule has 0 saturated carbocycles. The van der Waals surface area contributed by atoms with Crippen LogP contribution in [0.5, 0.6) is 5.88 Å². The minimum Gasteiger partial charge on any atom is -0.472 e. The van der Waals surface area contributed by atoms with E-state index in [2.05, 4.69) is 25.4 Å². The summed E-state index contributed by atoms with van der Waals surface area (Å²) in [4.78, 5) is 12.1. The molecule has 8 nitrogen and oxygen atoms in total. The molecule has 0 radical (unpaired) electrons. The van der Waals surface area contributed by atoms with Gasteiger partial charge in [0.15, 0.2) is 0 Å². The molecule has 1 amide bonds. The predicted molar refractivity (Wildman–Crippen MR) is 71.6 cm³/mol. The van der Waals surface area contributed by atoms with Crippen LogP contribution in [0.2, 0.25) is 0 Å². The average molecular weight is 291 g/mol. The molecule has 0 spiro atoms. The molecule has 1 atom stereocenters. The summed E-state index contributed by atoms with van der Waals surface area (Å²) < 4.78 is 11.8. The molecule has 2 aromatic rings. The van der Waals surface area contributed by atoms with Crippen LogP contribution in [0.25, 0.3) is 0 Å². The molecule has 0 bridgehead atoms. The number of hydrogen-bond acceptors (Lipinski definition) is 6. The number of amides is 1. The Kier molecular flexibility index (Phi) is 3.85. The quantitative estimate of drug-likeness (QED) is 0.798. The van der Waals surface area contributed by atoms with Gasteiger partial charge in [0.05, 0.1) is 6.54 Å². The predicted octanol–water partition coefficient (Wildman–Crippen LogP) is 0.332. The molecule has 1 aliphatic rings. The number of carbonyl (C=O) groups is 1. The highest BCUT2D eigenvalue weighted by atomic mass is 16.6. The molecule has 112 valence electrons. The summed E-state index contributed by atoms with van der Waals surface area (Å²) in [5, 5.41) is 14.3. The maximum absolute atomic E-state index is 12.1. The zero-order valence-corrected chi connectivity index (χ0v) is 11.8. The third kappa shape index (κ3) is 3.04. The number of fused-ring (bicyclic) bond motifs is 1. The zero-order valence-electron chi connectivity index (χ0n) is 11.8. The van der Waals surface area contributed by atoms with Crippen molar-refractivity contribution in [2.24, 2.45) is 5.92 Å². The van der Waals surface area contributed by atoms with Gasteiger partial charge in [0, 0.05) is 30.8 Å². The maximum atomic E-state index is 12.1. The Bertz CT molecular complexity index is 621. The van der Waals surface area contributed by atoms with Crippen LogP contribution >= 0.6 is 0 Å². The highest BCUT2D eigenvalue weighted by Crippen LogP contribution is 2.19. The fourth-order valence-corrected chi connectivity index (χ4v) is 2.41. The van der Waals surface area contributed by atoms with Crippen molar-refractivity contribution >= 4 is 5.91 Å². The number of carbonyl (C=O) groups excluding carboxylic acids is 1. The monoisotopic (exact) mass is 291 g/mol. The summed E-state index contributed by atoms with van der Waals surface area (Å²) in [7, 11) is 0. The van der Waals surface area contributed by atoms with Crippen molar-refractivity contribution < 1.29 is 14.2 Å². The van der Waals surface area contributed by atoms with Gasteiger partial charge >= 0.3 is 0 Å². The lowest BCUT2D eigenvalue weighted by Gasteiger charge is -2.22. The lowest BCUT2D eigenvalue weighted by molar-refractivity contribution is -0.125. The second-order valence-corrected chi connectivity index (χ2v) is 5.03. The van der Waals surface area contributed by atoms with E-state index in [0.29, 0.717) is 24.7 Å². The summed E-state index contributed by atoms with van der Waals surface area (Å²) in [5.41, 5.74) is 1.71. The molecule has 1 aliphatic heterocycles. The van der Waals surface area contributed by atoms with Gasteiger partial charge in [0.25, 0.3) is 5.88 Å². The van der Waals surface area contributed by atoms with Gasteiger partial charge in [-0.05, 0) is 24.6 Å². The van der Waals surface area contributed by atoms with Crippen LogP contribution in [-0.2, 0) is 17.8 Å². The number of nitrogens with zero attached hydrogens (tertiary/aromatic N) is 4. The average Bonchev–Trinajstić information content (AvgIpc) is 3.11. The first-order valence-electron chi connectivity index (χ1n) is 6.94. The van der Waals surface area contributed by atoms with Crippen molar-refractivity contribution in [1.82, 2.24) is 25.4 Å². The molecule has 3 rings (SSSR count). The summed E-state index contributed by atoms with van der Waals surface area (Å²) in [5.74, 6) is 0.427. The Hall–Kier alpha value is -2.38. The molecule has 2 aromatic heterocycles. The van der Waals surface area contributed by atoms with Crippen molar-refractivity contribution in [2.75, 3.05) is 13.2 Å². The molecule has 8 heteroatoms. The Morgan fingerprint density at radius 3 is 3.29 bits per heavy atom. The Morgan fingerprint density at radius 1 is 1.57 bits per heavy atom. The summed E-state index contributed by atoms with van der Waals surface area (Å²) >= 11 is 0. The van der Waals surface area contributed by atoms with Gasteiger partial charge in [0.2, 0.25) is 5.91 Å². The van der Waals surface area contributed by atoms with Crippen LogP contribution in [0.4, 0.5) is 0 Å². The minimum absolute atomic E-state index is 0.00431. The van der Waals surface area contributed by atoms with E-state index in [1.807, 2.05) is 10.7 Å². The van der Waals surface area contributed by atoms with Gasteiger partial charge in [-0.25, -0.2) is 4.63 Å². The highest BCUT2D eigenvalue weighted by molar-refractivity contribution is 5.79. The topological polar surface area (TPSA) is 95.1 Å². The van der Waals surface area contributed by atoms with E-state index in [1.54, 1.807) is 13.1 Å². The van der Waals surface area contributed by atoms with Crippen molar-refractivity contribution in [3.63, 3.8) is 0 Å². The molecule has 0 aromatic carbocycles. The van der Waals surface area contributed by atoms with E-state index in [-0.39, 0.29) is 11.8 Å². The molecule has 1 N–H and O–H groups in total. The van der Waals surface area contributed by atoms with E-state index in [9.17, 15) is 4.79 Å². The smallest absolute Gasteiger partial charge is 0.278 e. The molecular formula is C13H17N5O3. The van der Waals surface area contributed by atoms with Gasteiger partial charge < -0.3 is 10.1 Å². The van der Waals surface area contributed by atoms with Crippen molar-refractivity contribution in [3.8, 4) is 5.88 Å². The second-order valence-electron chi connectivity index (χ2n) is 5.03. The molecule has 0 fully saturated rings. The number of ether oxygens (including phenoxy) is 1. The van der Waals surface area contributed by atoms with Crippen molar-refractivity contribution in [3.05, 3.63) is 23.7 Å². The second kappa shape index (κ2) is 5.94. The molecule has 1 unspecified atom stereocenters. The van der Waals surface area contributed by atoms with Gasteiger partial charge in [0.1, 0.15) is 12.3 Å². The molecule has 0 aliphatic carbocycles. The van der Waals surface area contributed by atoms with E-state index in [4.69, 9.17) is 4.74 Å². The van der Waals surface area contributed by atoms with Gasteiger partial charge in [-0.2, -0.15) is 5.10 Å². The van der Waals surface area contributed by atoms with E-state index in [1.165, 1.54) is 0 Å². The number of hydrogen-bond donors (Lipinski definition) is 1. The first-order chi connectivity index (χ1) is 10.2. The van der Waals surface area contributed by atoms with Crippen LogP contribution in [0.3, 0.4) is 0 Å². The first kappa shape index (κ1) is 13.6. The van der Waals surface area contributed by atoms with Crippen molar-refractivity contribution in [2.45, 2.75) is 26.3 Å². The molecule has 0 saturated heterocycles. The van der Waals surface area contributed by atoms with Crippen molar-refractivity contribution in [1.29, 1.82) is 0 Å². The summed E-state index contributed by atoms with van der Waals surface area (Å²) in [6, 6.07) is 1.96.